The molecule has 0 fully saturated rings. The molecule has 3 N–H and O–H groups in total. The molecule has 2 aromatic carbocycles. The quantitative estimate of drug-likeness (QED) is 0.834. The Kier molecular flexibility index (Phi) is 3.09. The van der Waals surface area contributed by atoms with E-state index in [9.17, 15) is 13.6 Å². The summed E-state index contributed by atoms with van der Waals surface area (Å²) in [7, 11) is 0. The Bertz CT molecular complexity index is 734. The van der Waals surface area contributed by atoms with E-state index in [4.69, 9.17) is 15.2 Å². The van der Waals surface area contributed by atoms with Gasteiger partial charge in [-0.1, -0.05) is 0 Å². The second-order valence-corrected chi connectivity index (χ2v) is 4.38. The first kappa shape index (κ1) is 13.2. The predicted octanol–water partition coefficient (Wildman–Crippen LogP) is 2.53. The molecule has 5 nitrogen and oxygen atoms in total. The summed E-state index contributed by atoms with van der Waals surface area (Å²) in [6, 6.07) is 5.90. The van der Waals surface area contributed by atoms with Gasteiger partial charge in [0.05, 0.1) is 11.4 Å². The van der Waals surface area contributed by atoms with Crippen LogP contribution in [0, 0.1) is 11.6 Å². The van der Waals surface area contributed by atoms with Gasteiger partial charge in [-0.05, 0) is 18.2 Å². The Balaban J connectivity index is 1.86. The van der Waals surface area contributed by atoms with Crippen molar-refractivity contribution in [3.05, 3.63) is 47.5 Å². The van der Waals surface area contributed by atoms with Crippen LogP contribution in [0.25, 0.3) is 0 Å². The average Bonchev–Trinajstić information content (AvgIpc) is 2.89. The van der Waals surface area contributed by atoms with Crippen LogP contribution < -0.4 is 20.5 Å². The van der Waals surface area contributed by atoms with E-state index in [0.717, 1.165) is 12.1 Å². The summed E-state index contributed by atoms with van der Waals surface area (Å²) in [6.07, 6.45) is 0. The highest BCUT2D eigenvalue weighted by Gasteiger charge is 2.18. The topological polar surface area (TPSA) is 73.6 Å². The Morgan fingerprint density at radius 3 is 2.52 bits per heavy atom. The van der Waals surface area contributed by atoms with E-state index >= 15 is 0 Å². The number of hydrogen-bond donors (Lipinski definition) is 2. The average molecular weight is 292 g/mol. The van der Waals surface area contributed by atoms with Gasteiger partial charge in [-0.15, -0.1) is 0 Å². The normalized spacial score (nSPS) is 12.3. The van der Waals surface area contributed by atoms with Crippen molar-refractivity contribution in [2.24, 2.45) is 0 Å². The number of nitrogen functional groups attached to an aromatic ring is 1. The van der Waals surface area contributed by atoms with Gasteiger partial charge in [0.15, 0.2) is 23.1 Å². The van der Waals surface area contributed by atoms with E-state index in [1.54, 1.807) is 0 Å². The SMILES string of the molecule is Nc1cc2c(cc1NC(=O)c1ccc(F)c(F)c1)OCO2. The number of fused-ring (bicyclic) bond motifs is 1. The molecule has 0 aliphatic carbocycles. The molecule has 21 heavy (non-hydrogen) atoms. The summed E-state index contributed by atoms with van der Waals surface area (Å²) in [4.78, 5) is 12.0. The third-order valence-corrected chi connectivity index (χ3v) is 2.97. The number of carbonyl (C=O) groups is 1. The Morgan fingerprint density at radius 1 is 1.10 bits per heavy atom. The minimum Gasteiger partial charge on any atom is -0.454 e. The minimum absolute atomic E-state index is 0.0223. The number of amides is 1. The van der Waals surface area contributed by atoms with Gasteiger partial charge >= 0.3 is 0 Å². The summed E-state index contributed by atoms with van der Waals surface area (Å²) in [5, 5.41) is 2.51. The number of anilines is 2. The summed E-state index contributed by atoms with van der Waals surface area (Å²) < 4.78 is 36.3. The second-order valence-electron chi connectivity index (χ2n) is 4.38. The highest BCUT2D eigenvalue weighted by molar-refractivity contribution is 6.06. The molecule has 0 radical (unpaired) electrons. The maximum Gasteiger partial charge on any atom is 0.255 e. The van der Waals surface area contributed by atoms with Crippen molar-refractivity contribution in [3.63, 3.8) is 0 Å². The second kappa shape index (κ2) is 4.93. The van der Waals surface area contributed by atoms with E-state index < -0.39 is 17.5 Å². The van der Waals surface area contributed by atoms with Gasteiger partial charge in [0, 0.05) is 17.7 Å². The molecule has 1 aliphatic heterocycles. The Labute approximate surface area is 118 Å². The van der Waals surface area contributed by atoms with Crippen LogP contribution in [0.15, 0.2) is 30.3 Å². The summed E-state index contributed by atoms with van der Waals surface area (Å²) in [5.41, 5.74) is 6.34. The number of halogens is 2. The number of rotatable bonds is 2. The Hall–Kier alpha value is -2.83. The van der Waals surface area contributed by atoms with Crippen LogP contribution in [0.3, 0.4) is 0 Å². The molecular formula is C14H10F2N2O3. The molecule has 7 heteroatoms. The van der Waals surface area contributed by atoms with Crippen LogP contribution in [0.5, 0.6) is 11.5 Å². The van der Waals surface area contributed by atoms with Crippen LogP contribution >= 0.6 is 0 Å². The number of hydrogen-bond acceptors (Lipinski definition) is 4. The van der Waals surface area contributed by atoms with Gasteiger partial charge in [0.25, 0.3) is 5.91 Å². The van der Waals surface area contributed by atoms with E-state index in [0.29, 0.717) is 17.2 Å². The van der Waals surface area contributed by atoms with Crippen LogP contribution in [0.4, 0.5) is 20.2 Å². The third kappa shape index (κ3) is 2.45. The maximum absolute atomic E-state index is 13.1. The molecule has 0 saturated carbocycles. The molecule has 0 spiro atoms. The third-order valence-electron chi connectivity index (χ3n) is 2.97. The van der Waals surface area contributed by atoms with Gasteiger partial charge < -0.3 is 20.5 Å². The molecular weight excluding hydrogens is 282 g/mol. The van der Waals surface area contributed by atoms with Crippen molar-refractivity contribution in [2.45, 2.75) is 0 Å². The lowest BCUT2D eigenvalue weighted by molar-refractivity contribution is 0.102. The number of benzene rings is 2. The van der Waals surface area contributed by atoms with Gasteiger partial charge in [0.1, 0.15) is 0 Å². The van der Waals surface area contributed by atoms with Crippen molar-refractivity contribution in [2.75, 3.05) is 17.8 Å². The number of carbonyl (C=O) groups excluding carboxylic acids is 1. The first-order valence-electron chi connectivity index (χ1n) is 6.00. The van der Waals surface area contributed by atoms with Gasteiger partial charge in [0.2, 0.25) is 6.79 Å². The minimum atomic E-state index is -1.10. The zero-order valence-corrected chi connectivity index (χ0v) is 10.7. The number of nitrogens with one attached hydrogen (secondary N) is 1. The van der Waals surface area contributed by atoms with Gasteiger partial charge in [-0.25, -0.2) is 8.78 Å². The standard InChI is InChI=1S/C14H10F2N2O3/c15-8-2-1-7(3-9(8)16)14(19)18-11-5-13-12(4-10(11)17)20-6-21-13/h1-5H,6,17H2,(H,18,19). The molecule has 1 amide bonds. The summed E-state index contributed by atoms with van der Waals surface area (Å²) in [6.45, 7) is 0.0787. The zero-order valence-electron chi connectivity index (χ0n) is 10.7. The summed E-state index contributed by atoms with van der Waals surface area (Å²) >= 11 is 0. The smallest absolute Gasteiger partial charge is 0.255 e. The van der Waals surface area contributed by atoms with E-state index in [-0.39, 0.29) is 18.0 Å². The van der Waals surface area contributed by atoms with Gasteiger partial charge in [-0.2, -0.15) is 0 Å². The fraction of sp³-hybridized carbons (Fsp3) is 0.0714. The largest absolute Gasteiger partial charge is 0.454 e. The van der Waals surface area contributed by atoms with Gasteiger partial charge in [-0.3, -0.25) is 4.79 Å². The molecule has 3 rings (SSSR count). The van der Waals surface area contributed by atoms with Crippen molar-refractivity contribution < 1.29 is 23.0 Å². The first-order valence-corrected chi connectivity index (χ1v) is 6.00. The predicted molar refractivity (Wildman–Crippen MR) is 71.3 cm³/mol. The van der Waals surface area contributed by atoms with Crippen LogP contribution in [-0.4, -0.2) is 12.7 Å². The van der Waals surface area contributed by atoms with Crippen molar-refractivity contribution in [1.29, 1.82) is 0 Å². The van der Waals surface area contributed by atoms with Crippen molar-refractivity contribution in [3.8, 4) is 11.5 Å². The molecule has 108 valence electrons. The lowest BCUT2D eigenvalue weighted by atomic mass is 10.2. The monoisotopic (exact) mass is 292 g/mol. The van der Waals surface area contributed by atoms with E-state index in [1.807, 2.05) is 0 Å². The highest BCUT2D eigenvalue weighted by atomic mass is 19.2. The maximum atomic E-state index is 13.1. The molecule has 0 aromatic heterocycles. The number of ether oxygens (including phenoxy) is 2. The molecule has 0 bridgehead atoms. The molecule has 0 saturated heterocycles. The molecule has 0 atom stereocenters. The zero-order chi connectivity index (χ0) is 15.0. The van der Waals surface area contributed by atoms with Crippen molar-refractivity contribution in [1.82, 2.24) is 0 Å². The fourth-order valence-corrected chi connectivity index (χ4v) is 1.90. The Morgan fingerprint density at radius 2 is 1.81 bits per heavy atom. The lowest BCUT2D eigenvalue weighted by Gasteiger charge is -2.09. The van der Waals surface area contributed by atoms with Crippen LogP contribution in [0.1, 0.15) is 10.4 Å². The van der Waals surface area contributed by atoms with Crippen LogP contribution in [0.2, 0.25) is 0 Å². The molecule has 2 aromatic rings. The fourth-order valence-electron chi connectivity index (χ4n) is 1.90. The highest BCUT2D eigenvalue weighted by Crippen LogP contribution is 2.38. The number of nitrogens with two attached hydrogens (primary N) is 1. The van der Waals surface area contributed by atoms with Crippen molar-refractivity contribution >= 4 is 17.3 Å². The van der Waals surface area contributed by atoms with E-state index in [2.05, 4.69) is 5.32 Å². The summed E-state index contributed by atoms with van der Waals surface area (Å²) in [5.74, 6) is -1.79. The first-order chi connectivity index (χ1) is 10.0. The molecule has 0 unspecified atom stereocenters. The molecule has 1 aliphatic rings. The lowest BCUT2D eigenvalue weighted by Crippen LogP contribution is -2.13. The van der Waals surface area contributed by atoms with E-state index in [1.165, 1.54) is 18.2 Å². The van der Waals surface area contributed by atoms with Crippen LogP contribution in [-0.2, 0) is 0 Å². The molecule has 1 heterocycles.